The SMILES string of the molecule is O=C(NCc1ccccn1)c1cnn2c(C(F)(F)F)cc(-c3ccco3)nc12. The molecule has 0 aliphatic rings. The monoisotopic (exact) mass is 387 g/mol. The zero-order valence-corrected chi connectivity index (χ0v) is 14.1. The van der Waals surface area contributed by atoms with Crippen LogP contribution < -0.4 is 5.32 Å². The number of carbonyl (C=O) groups excluding carboxylic acids is 1. The maximum absolute atomic E-state index is 13.5. The molecule has 0 radical (unpaired) electrons. The Balaban J connectivity index is 1.75. The van der Waals surface area contributed by atoms with E-state index in [1.54, 1.807) is 24.4 Å². The standard InChI is InChI=1S/C18H12F3N5O2/c19-18(20,21)15-8-13(14-5-3-7-28-14)25-16-12(10-24-26(15)16)17(27)23-9-11-4-1-2-6-22-11/h1-8,10H,9H2,(H,23,27). The minimum absolute atomic E-state index is 0.0518. The first-order valence-corrected chi connectivity index (χ1v) is 8.11. The summed E-state index contributed by atoms with van der Waals surface area (Å²) in [6.45, 7) is 0.112. The van der Waals surface area contributed by atoms with Crippen LogP contribution in [-0.4, -0.2) is 25.5 Å². The van der Waals surface area contributed by atoms with Crippen LogP contribution in [0.1, 0.15) is 21.7 Å². The van der Waals surface area contributed by atoms with Crippen molar-refractivity contribution < 1.29 is 22.4 Å². The molecule has 0 aromatic carbocycles. The molecule has 4 aromatic rings. The van der Waals surface area contributed by atoms with Gasteiger partial charge in [0.2, 0.25) is 0 Å². The van der Waals surface area contributed by atoms with Gasteiger partial charge in [-0.2, -0.15) is 18.3 Å². The summed E-state index contributed by atoms with van der Waals surface area (Å²) in [6.07, 6.45) is -0.748. The van der Waals surface area contributed by atoms with Crippen LogP contribution in [0.4, 0.5) is 13.2 Å². The van der Waals surface area contributed by atoms with E-state index in [9.17, 15) is 18.0 Å². The van der Waals surface area contributed by atoms with Gasteiger partial charge in [0.25, 0.3) is 5.91 Å². The number of halogens is 3. The number of rotatable bonds is 4. The lowest BCUT2D eigenvalue weighted by Gasteiger charge is -2.10. The molecule has 0 fully saturated rings. The normalized spacial score (nSPS) is 11.7. The summed E-state index contributed by atoms with van der Waals surface area (Å²) >= 11 is 0. The van der Waals surface area contributed by atoms with E-state index >= 15 is 0 Å². The van der Waals surface area contributed by atoms with E-state index in [2.05, 4.69) is 20.4 Å². The van der Waals surface area contributed by atoms with E-state index < -0.39 is 17.8 Å². The number of nitrogens with one attached hydrogen (secondary N) is 1. The molecule has 7 nitrogen and oxygen atoms in total. The van der Waals surface area contributed by atoms with Crippen LogP contribution in [-0.2, 0) is 12.7 Å². The van der Waals surface area contributed by atoms with Gasteiger partial charge in [-0.05, 0) is 30.3 Å². The molecule has 10 heteroatoms. The zero-order chi connectivity index (χ0) is 19.7. The molecule has 142 valence electrons. The lowest BCUT2D eigenvalue weighted by Crippen LogP contribution is -2.23. The number of carbonyl (C=O) groups is 1. The van der Waals surface area contributed by atoms with Crippen LogP contribution in [0.3, 0.4) is 0 Å². The number of amides is 1. The Hall–Kier alpha value is -3.69. The number of furan rings is 1. The highest BCUT2D eigenvalue weighted by Gasteiger charge is 2.36. The van der Waals surface area contributed by atoms with Gasteiger partial charge in [-0.1, -0.05) is 6.07 Å². The van der Waals surface area contributed by atoms with Crippen molar-refractivity contribution in [1.29, 1.82) is 0 Å². The highest BCUT2D eigenvalue weighted by molar-refractivity contribution is 5.99. The number of alkyl halides is 3. The molecular weight excluding hydrogens is 375 g/mol. The Morgan fingerprint density at radius 1 is 1.21 bits per heavy atom. The highest BCUT2D eigenvalue weighted by atomic mass is 19.4. The van der Waals surface area contributed by atoms with Crippen LogP contribution in [0.15, 0.2) is 59.5 Å². The summed E-state index contributed by atoms with van der Waals surface area (Å²) in [5, 5.41) is 6.32. The van der Waals surface area contributed by atoms with E-state index in [0.717, 1.165) is 12.3 Å². The minimum atomic E-state index is -4.70. The maximum atomic E-state index is 13.5. The van der Waals surface area contributed by atoms with Crippen LogP contribution >= 0.6 is 0 Å². The Morgan fingerprint density at radius 3 is 2.75 bits per heavy atom. The first kappa shape index (κ1) is 17.7. The summed E-state index contributed by atoms with van der Waals surface area (Å²) < 4.78 is 46.2. The lowest BCUT2D eigenvalue weighted by atomic mass is 10.2. The van der Waals surface area contributed by atoms with Crippen molar-refractivity contribution in [2.24, 2.45) is 0 Å². The molecule has 4 heterocycles. The van der Waals surface area contributed by atoms with Crippen LogP contribution in [0.25, 0.3) is 17.1 Å². The molecular formula is C18H12F3N5O2. The predicted molar refractivity (Wildman–Crippen MR) is 91.1 cm³/mol. The fraction of sp³-hybridized carbons (Fsp3) is 0.111. The fourth-order valence-corrected chi connectivity index (χ4v) is 2.64. The molecule has 0 aliphatic heterocycles. The second-order valence-corrected chi connectivity index (χ2v) is 5.80. The van der Waals surface area contributed by atoms with E-state index in [-0.39, 0.29) is 29.2 Å². The highest BCUT2D eigenvalue weighted by Crippen LogP contribution is 2.32. The zero-order valence-electron chi connectivity index (χ0n) is 14.1. The third-order valence-corrected chi connectivity index (χ3v) is 3.94. The van der Waals surface area contributed by atoms with Gasteiger partial charge in [0.1, 0.15) is 11.3 Å². The molecule has 0 unspecified atom stereocenters. The Morgan fingerprint density at radius 2 is 2.07 bits per heavy atom. The third kappa shape index (κ3) is 3.31. The molecule has 28 heavy (non-hydrogen) atoms. The lowest BCUT2D eigenvalue weighted by molar-refractivity contribution is -0.142. The summed E-state index contributed by atoms with van der Waals surface area (Å²) in [6, 6.07) is 9.05. The second kappa shape index (κ2) is 6.80. The van der Waals surface area contributed by atoms with Gasteiger partial charge in [-0.25, -0.2) is 9.50 Å². The quantitative estimate of drug-likeness (QED) is 0.581. The van der Waals surface area contributed by atoms with Gasteiger partial charge >= 0.3 is 6.18 Å². The van der Waals surface area contributed by atoms with E-state index in [1.165, 1.54) is 18.4 Å². The van der Waals surface area contributed by atoms with Crippen molar-refractivity contribution >= 4 is 11.6 Å². The number of pyridine rings is 1. The van der Waals surface area contributed by atoms with Gasteiger partial charge in [0, 0.05) is 6.20 Å². The summed E-state index contributed by atoms with van der Waals surface area (Å²) in [7, 11) is 0. The Kier molecular flexibility index (Phi) is 4.30. The Bertz CT molecular complexity index is 1120. The van der Waals surface area contributed by atoms with E-state index in [1.807, 2.05) is 0 Å². The molecule has 1 amide bonds. The minimum Gasteiger partial charge on any atom is -0.463 e. The van der Waals surface area contributed by atoms with Crippen molar-refractivity contribution in [2.45, 2.75) is 12.7 Å². The predicted octanol–water partition coefficient (Wildman–Crippen LogP) is 3.33. The number of nitrogens with zero attached hydrogens (tertiary/aromatic N) is 4. The van der Waals surface area contributed by atoms with Crippen molar-refractivity contribution in [1.82, 2.24) is 24.9 Å². The summed E-state index contributed by atoms with van der Waals surface area (Å²) in [4.78, 5) is 20.7. The number of aromatic nitrogens is 4. The molecule has 0 spiro atoms. The van der Waals surface area contributed by atoms with Gasteiger partial charge in [-0.3, -0.25) is 9.78 Å². The first-order chi connectivity index (χ1) is 13.4. The van der Waals surface area contributed by atoms with Crippen LogP contribution in [0, 0.1) is 0 Å². The number of hydrogen-bond acceptors (Lipinski definition) is 5. The number of fused-ring (bicyclic) bond motifs is 1. The number of hydrogen-bond donors (Lipinski definition) is 1. The molecule has 4 rings (SSSR count). The van der Waals surface area contributed by atoms with Gasteiger partial charge < -0.3 is 9.73 Å². The van der Waals surface area contributed by atoms with Crippen LogP contribution in [0.5, 0.6) is 0 Å². The first-order valence-electron chi connectivity index (χ1n) is 8.11. The van der Waals surface area contributed by atoms with Gasteiger partial charge in [0.15, 0.2) is 17.1 Å². The van der Waals surface area contributed by atoms with Crippen molar-refractivity contribution in [3.05, 3.63) is 72.0 Å². The van der Waals surface area contributed by atoms with Gasteiger partial charge in [-0.15, -0.1) is 0 Å². The second-order valence-electron chi connectivity index (χ2n) is 5.80. The summed E-state index contributed by atoms with van der Waals surface area (Å²) in [5.41, 5.74) is -0.820. The maximum Gasteiger partial charge on any atom is 0.433 e. The van der Waals surface area contributed by atoms with Crippen LogP contribution in [0.2, 0.25) is 0 Å². The van der Waals surface area contributed by atoms with E-state index in [0.29, 0.717) is 10.2 Å². The van der Waals surface area contributed by atoms with Crippen molar-refractivity contribution in [3.8, 4) is 11.5 Å². The fourth-order valence-electron chi connectivity index (χ4n) is 2.64. The van der Waals surface area contributed by atoms with Crippen molar-refractivity contribution in [3.63, 3.8) is 0 Å². The van der Waals surface area contributed by atoms with Crippen molar-refractivity contribution in [2.75, 3.05) is 0 Å². The molecule has 0 bridgehead atoms. The molecule has 0 saturated heterocycles. The molecule has 4 aromatic heterocycles. The molecule has 0 aliphatic carbocycles. The largest absolute Gasteiger partial charge is 0.463 e. The smallest absolute Gasteiger partial charge is 0.433 e. The Labute approximate surface area is 155 Å². The van der Waals surface area contributed by atoms with Gasteiger partial charge in [0.05, 0.1) is 24.7 Å². The average molecular weight is 387 g/mol. The molecule has 0 atom stereocenters. The molecule has 0 saturated carbocycles. The topological polar surface area (TPSA) is 85.3 Å². The average Bonchev–Trinajstić information content (AvgIpc) is 3.35. The third-order valence-electron chi connectivity index (χ3n) is 3.94. The molecule has 1 N–H and O–H groups in total. The summed E-state index contributed by atoms with van der Waals surface area (Å²) in [5.74, 6) is -0.466. The van der Waals surface area contributed by atoms with E-state index in [4.69, 9.17) is 4.42 Å².